The van der Waals surface area contributed by atoms with E-state index >= 15 is 0 Å². The first kappa shape index (κ1) is 17.5. The number of hydrogen-bond donors (Lipinski definition) is 2. The molecule has 2 aromatic carbocycles. The van der Waals surface area contributed by atoms with E-state index in [-0.39, 0.29) is 22.5 Å². The lowest BCUT2D eigenvalue weighted by Gasteiger charge is -2.18. The second kappa shape index (κ2) is 6.71. The molecule has 0 radical (unpaired) electrons. The Balaban J connectivity index is 2.20. The number of carbonyl (C=O) groups is 2. The Hall–Kier alpha value is -2.88. The molecule has 0 aromatic heterocycles. The molecule has 0 bridgehead atoms. The smallest absolute Gasteiger partial charge is 0.335 e. The van der Waals surface area contributed by atoms with Gasteiger partial charge in [0.1, 0.15) is 5.76 Å². The number of carbonyl (C=O) groups excluding carboxylic acids is 1. The van der Waals surface area contributed by atoms with Crippen LogP contribution in [-0.2, 0) is 5.41 Å². The summed E-state index contributed by atoms with van der Waals surface area (Å²) in [5.41, 5.74) is 2.12. The van der Waals surface area contributed by atoms with Crippen LogP contribution in [0.15, 0.2) is 54.6 Å². The molecule has 0 saturated carbocycles. The van der Waals surface area contributed by atoms with E-state index in [1.54, 1.807) is 12.1 Å². The van der Waals surface area contributed by atoms with Gasteiger partial charge in [0.15, 0.2) is 5.78 Å². The van der Waals surface area contributed by atoms with Gasteiger partial charge < -0.3 is 10.2 Å². The molecule has 4 nitrogen and oxygen atoms in total. The average molecular weight is 324 g/mol. The van der Waals surface area contributed by atoms with Crippen molar-refractivity contribution in [3.05, 3.63) is 76.9 Å². The number of carboxylic acids is 1. The third-order valence-corrected chi connectivity index (χ3v) is 3.73. The molecule has 2 N–H and O–H groups in total. The molecule has 0 atom stereocenters. The van der Waals surface area contributed by atoms with Crippen LogP contribution in [0.5, 0.6) is 0 Å². The van der Waals surface area contributed by atoms with Gasteiger partial charge in [-0.2, -0.15) is 0 Å². The Morgan fingerprint density at radius 1 is 0.792 bits per heavy atom. The van der Waals surface area contributed by atoms with Crippen LogP contribution in [0.4, 0.5) is 0 Å². The molecule has 0 unspecified atom stereocenters. The van der Waals surface area contributed by atoms with Crippen molar-refractivity contribution < 1.29 is 19.8 Å². The van der Waals surface area contributed by atoms with Crippen molar-refractivity contribution in [1.29, 1.82) is 0 Å². The molecular formula is C20H20O4. The number of rotatable bonds is 4. The molecule has 4 heteroatoms. The van der Waals surface area contributed by atoms with Crippen LogP contribution in [0.1, 0.15) is 52.6 Å². The minimum atomic E-state index is -1.04. The highest BCUT2D eigenvalue weighted by molar-refractivity contribution is 6.07. The number of ketones is 1. The molecule has 0 spiro atoms. The Labute approximate surface area is 141 Å². The Kier molecular flexibility index (Phi) is 4.88. The third-order valence-electron chi connectivity index (χ3n) is 3.73. The van der Waals surface area contributed by atoms with Gasteiger partial charge >= 0.3 is 5.97 Å². The monoisotopic (exact) mass is 324 g/mol. The fourth-order valence-corrected chi connectivity index (χ4v) is 2.21. The summed E-state index contributed by atoms with van der Waals surface area (Å²) in [5.74, 6) is -1.55. The highest BCUT2D eigenvalue weighted by atomic mass is 16.4. The summed E-state index contributed by atoms with van der Waals surface area (Å²) in [6.07, 6.45) is 1.14. The van der Waals surface area contributed by atoms with Crippen molar-refractivity contribution >= 4 is 17.5 Å². The molecule has 0 saturated heterocycles. The van der Waals surface area contributed by atoms with Crippen LogP contribution in [0.3, 0.4) is 0 Å². The maximum absolute atomic E-state index is 12.2. The van der Waals surface area contributed by atoms with E-state index in [0.717, 1.165) is 11.6 Å². The van der Waals surface area contributed by atoms with Crippen molar-refractivity contribution in [1.82, 2.24) is 0 Å². The van der Waals surface area contributed by atoms with Gasteiger partial charge in [0.25, 0.3) is 0 Å². The maximum Gasteiger partial charge on any atom is 0.335 e. The van der Waals surface area contributed by atoms with E-state index in [1.165, 1.54) is 24.3 Å². The second-order valence-electron chi connectivity index (χ2n) is 6.60. The highest BCUT2D eigenvalue weighted by Crippen LogP contribution is 2.22. The number of aliphatic hydroxyl groups is 1. The van der Waals surface area contributed by atoms with Gasteiger partial charge in [-0.25, -0.2) is 4.79 Å². The van der Waals surface area contributed by atoms with E-state index < -0.39 is 5.97 Å². The summed E-state index contributed by atoms with van der Waals surface area (Å²) in [6, 6.07) is 13.0. The van der Waals surface area contributed by atoms with Gasteiger partial charge in [-0.1, -0.05) is 57.2 Å². The van der Waals surface area contributed by atoms with Crippen molar-refractivity contribution in [3.63, 3.8) is 0 Å². The molecule has 0 aliphatic rings. The summed E-state index contributed by atoms with van der Waals surface area (Å²) < 4.78 is 0. The predicted octanol–water partition coefficient (Wildman–Crippen LogP) is 4.46. The fourth-order valence-electron chi connectivity index (χ4n) is 2.21. The quantitative estimate of drug-likeness (QED) is 0.494. The van der Waals surface area contributed by atoms with Gasteiger partial charge in [-0.05, 0) is 23.1 Å². The summed E-state index contributed by atoms with van der Waals surface area (Å²) in [5, 5.41) is 18.9. The predicted molar refractivity (Wildman–Crippen MR) is 93.5 cm³/mol. The highest BCUT2D eigenvalue weighted by Gasteiger charge is 2.14. The normalized spacial score (nSPS) is 12.0. The van der Waals surface area contributed by atoms with Crippen molar-refractivity contribution in [2.75, 3.05) is 0 Å². The minimum Gasteiger partial charge on any atom is -0.507 e. The summed E-state index contributed by atoms with van der Waals surface area (Å²) in [6.45, 7) is 6.28. The number of aliphatic hydroxyl groups excluding tert-OH is 1. The molecule has 124 valence electrons. The molecule has 2 rings (SSSR count). The number of hydrogen-bond acceptors (Lipinski definition) is 3. The van der Waals surface area contributed by atoms with E-state index in [0.29, 0.717) is 11.1 Å². The zero-order valence-corrected chi connectivity index (χ0v) is 13.9. The van der Waals surface area contributed by atoms with Crippen LogP contribution >= 0.6 is 0 Å². The lowest BCUT2D eigenvalue weighted by atomic mass is 9.86. The SMILES string of the molecule is CC(C)(C)c1ccc(C(=O)/C=C(\O)c2ccc(C(=O)O)cc2)cc1. The molecule has 0 aliphatic carbocycles. The van der Waals surface area contributed by atoms with Gasteiger partial charge in [0.05, 0.1) is 5.56 Å². The van der Waals surface area contributed by atoms with Crippen LogP contribution < -0.4 is 0 Å². The first-order chi connectivity index (χ1) is 11.2. The summed E-state index contributed by atoms with van der Waals surface area (Å²) in [7, 11) is 0. The maximum atomic E-state index is 12.2. The van der Waals surface area contributed by atoms with Crippen molar-refractivity contribution in [3.8, 4) is 0 Å². The van der Waals surface area contributed by atoms with Crippen LogP contribution in [0, 0.1) is 0 Å². The number of aromatic carboxylic acids is 1. The topological polar surface area (TPSA) is 74.6 Å². The van der Waals surface area contributed by atoms with Crippen molar-refractivity contribution in [2.24, 2.45) is 0 Å². The van der Waals surface area contributed by atoms with Gasteiger partial charge in [0.2, 0.25) is 0 Å². The molecule has 0 fully saturated rings. The minimum absolute atomic E-state index is 0.00540. The summed E-state index contributed by atoms with van der Waals surface area (Å²) in [4.78, 5) is 23.0. The second-order valence-corrected chi connectivity index (χ2v) is 6.60. The molecular weight excluding hydrogens is 304 g/mol. The van der Waals surface area contributed by atoms with Gasteiger partial charge in [0, 0.05) is 17.2 Å². The van der Waals surface area contributed by atoms with E-state index in [1.807, 2.05) is 12.1 Å². The van der Waals surface area contributed by atoms with Crippen molar-refractivity contribution in [2.45, 2.75) is 26.2 Å². The zero-order valence-electron chi connectivity index (χ0n) is 13.9. The number of allylic oxidation sites excluding steroid dienone is 1. The Morgan fingerprint density at radius 2 is 1.25 bits per heavy atom. The van der Waals surface area contributed by atoms with Gasteiger partial charge in [-0.3, -0.25) is 4.79 Å². The van der Waals surface area contributed by atoms with E-state index in [9.17, 15) is 14.7 Å². The molecule has 24 heavy (non-hydrogen) atoms. The van der Waals surface area contributed by atoms with Crippen LogP contribution in [-0.4, -0.2) is 22.0 Å². The molecule has 0 aliphatic heterocycles. The molecule has 2 aromatic rings. The van der Waals surface area contributed by atoms with E-state index in [2.05, 4.69) is 20.8 Å². The Bertz CT molecular complexity index is 776. The molecule has 0 amide bonds. The van der Waals surface area contributed by atoms with Crippen LogP contribution in [0.25, 0.3) is 5.76 Å². The number of carboxylic acid groups (broad SMARTS) is 1. The number of benzene rings is 2. The fraction of sp³-hybridized carbons (Fsp3) is 0.200. The zero-order chi connectivity index (χ0) is 17.9. The lowest BCUT2D eigenvalue weighted by molar-refractivity contribution is 0.0696. The van der Waals surface area contributed by atoms with E-state index in [4.69, 9.17) is 5.11 Å². The lowest BCUT2D eigenvalue weighted by Crippen LogP contribution is -2.11. The first-order valence-electron chi connectivity index (χ1n) is 7.58. The molecule has 0 heterocycles. The third kappa shape index (κ3) is 4.10. The average Bonchev–Trinajstić information content (AvgIpc) is 2.54. The van der Waals surface area contributed by atoms with Crippen LogP contribution in [0.2, 0.25) is 0 Å². The largest absolute Gasteiger partial charge is 0.507 e. The van der Waals surface area contributed by atoms with Gasteiger partial charge in [-0.15, -0.1) is 0 Å². The first-order valence-corrected chi connectivity index (χ1v) is 7.58. The Morgan fingerprint density at radius 3 is 1.71 bits per heavy atom. The standard InChI is InChI=1S/C20H20O4/c1-20(2,3)16-10-8-14(9-11-16)18(22)12-17(21)13-4-6-15(7-5-13)19(23)24/h4-12,21H,1-3H3,(H,23,24)/b17-12-. The summed E-state index contributed by atoms with van der Waals surface area (Å²) >= 11 is 0.